The van der Waals surface area contributed by atoms with Crippen LogP contribution in [0.2, 0.25) is 0 Å². The molecule has 0 radical (unpaired) electrons. The summed E-state index contributed by atoms with van der Waals surface area (Å²) in [6, 6.07) is 3.18. The molecular formula is C15H22F2N3O3+. The van der Waals surface area contributed by atoms with Gasteiger partial charge in [-0.3, -0.25) is 5.01 Å². The van der Waals surface area contributed by atoms with Crippen LogP contribution < -0.4 is 19.1 Å². The van der Waals surface area contributed by atoms with Gasteiger partial charge >= 0.3 is 6.61 Å². The molecule has 1 aliphatic rings. The molecule has 1 N–H and O–H groups in total. The van der Waals surface area contributed by atoms with E-state index in [-0.39, 0.29) is 17.2 Å². The molecule has 1 heterocycles. The van der Waals surface area contributed by atoms with E-state index in [1.165, 1.54) is 19.1 Å². The van der Waals surface area contributed by atoms with Gasteiger partial charge < -0.3 is 19.1 Å². The summed E-state index contributed by atoms with van der Waals surface area (Å²) in [7, 11) is 4.92. The van der Waals surface area contributed by atoms with Gasteiger partial charge in [0.2, 0.25) is 5.75 Å². The Hall–Kier alpha value is -2.09. The van der Waals surface area contributed by atoms with Crippen LogP contribution in [-0.2, 0) is 0 Å². The number of rotatable bonds is 6. The Bertz CT molecular complexity index is 522. The van der Waals surface area contributed by atoms with Crippen LogP contribution in [0, 0.1) is 0 Å². The van der Waals surface area contributed by atoms with Crippen molar-refractivity contribution in [2.24, 2.45) is 5.10 Å². The van der Waals surface area contributed by atoms with Gasteiger partial charge in [-0.15, -0.1) is 0 Å². The molecule has 0 spiro atoms. The van der Waals surface area contributed by atoms with Crippen molar-refractivity contribution in [3.8, 4) is 17.2 Å². The zero-order valence-corrected chi connectivity index (χ0v) is 13.5. The van der Waals surface area contributed by atoms with Crippen LogP contribution in [0.1, 0.15) is 5.56 Å². The molecule has 0 amide bonds. The summed E-state index contributed by atoms with van der Waals surface area (Å²) in [4.78, 5) is 1.48. The maximum absolute atomic E-state index is 12.5. The van der Waals surface area contributed by atoms with Crippen LogP contribution in [0.4, 0.5) is 8.78 Å². The summed E-state index contributed by atoms with van der Waals surface area (Å²) >= 11 is 0. The van der Waals surface area contributed by atoms with Crippen molar-refractivity contribution in [3.63, 3.8) is 0 Å². The van der Waals surface area contributed by atoms with Gasteiger partial charge in [0, 0.05) is 5.56 Å². The lowest BCUT2D eigenvalue weighted by Crippen LogP contribution is -3.11. The molecule has 1 fully saturated rings. The lowest BCUT2D eigenvalue weighted by atomic mass is 10.2. The number of nitrogens with zero attached hydrogens (tertiary/aromatic N) is 2. The summed E-state index contributed by atoms with van der Waals surface area (Å²) in [6.45, 7) is 0.869. The third kappa shape index (κ3) is 4.69. The van der Waals surface area contributed by atoms with E-state index < -0.39 is 6.61 Å². The van der Waals surface area contributed by atoms with Crippen molar-refractivity contribution >= 4 is 6.21 Å². The van der Waals surface area contributed by atoms with E-state index >= 15 is 0 Å². The lowest BCUT2D eigenvalue weighted by Gasteiger charge is -2.27. The molecule has 1 aromatic carbocycles. The second kappa shape index (κ2) is 7.96. The van der Waals surface area contributed by atoms with Gasteiger partial charge in [-0.05, 0) is 12.1 Å². The summed E-state index contributed by atoms with van der Waals surface area (Å²) in [6.07, 6.45) is 1.66. The number of piperazine rings is 1. The number of nitrogens with one attached hydrogen (secondary N) is 1. The number of alkyl halides is 2. The summed E-state index contributed by atoms with van der Waals surface area (Å²) in [5.41, 5.74) is 0.687. The molecule has 1 aliphatic heterocycles. The van der Waals surface area contributed by atoms with Gasteiger partial charge in [0.05, 0.1) is 53.7 Å². The van der Waals surface area contributed by atoms with Crippen LogP contribution in [0.5, 0.6) is 17.2 Å². The third-order valence-electron chi connectivity index (χ3n) is 3.65. The standard InChI is InChI=1S/C15H21F2N3O3/c1-19-4-6-20(7-5-19)18-10-11-8-12(21-2)14(23-15(16)17)13(9-11)22-3/h8-10,15H,4-7H2,1-3H3/p+1/b18-10-. The number of halogens is 2. The minimum atomic E-state index is -2.95. The fraction of sp³-hybridized carbons (Fsp3) is 0.533. The van der Waals surface area contributed by atoms with E-state index in [2.05, 4.69) is 16.9 Å². The largest absolute Gasteiger partial charge is 0.493 e. The average Bonchev–Trinajstić information content (AvgIpc) is 2.54. The molecule has 2 rings (SSSR count). The SMILES string of the molecule is COc1cc(/C=N\N2CC[NH+](C)CC2)cc(OC)c1OC(F)F. The van der Waals surface area contributed by atoms with Gasteiger partial charge in [-0.25, -0.2) is 0 Å². The molecule has 8 heteroatoms. The highest BCUT2D eigenvalue weighted by Crippen LogP contribution is 2.39. The number of benzene rings is 1. The Kier molecular flexibility index (Phi) is 5.97. The second-order valence-electron chi connectivity index (χ2n) is 5.29. The maximum Gasteiger partial charge on any atom is 0.387 e. The van der Waals surface area contributed by atoms with E-state index in [4.69, 9.17) is 9.47 Å². The van der Waals surface area contributed by atoms with Crippen molar-refractivity contribution < 1.29 is 27.9 Å². The van der Waals surface area contributed by atoms with E-state index in [1.54, 1.807) is 18.3 Å². The zero-order valence-electron chi connectivity index (χ0n) is 13.5. The van der Waals surface area contributed by atoms with Crippen molar-refractivity contribution in [3.05, 3.63) is 17.7 Å². The normalized spacial score (nSPS) is 16.2. The van der Waals surface area contributed by atoms with E-state index in [0.29, 0.717) is 5.56 Å². The smallest absolute Gasteiger partial charge is 0.387 e. The third-order valence-corrected chi connectivity index (χ3v) is 3.65. The molecule has 23 heavy (non-hydrogen) atoms. The van der Waals surface area contributed by atoms with Crippen LogP contribution in [0.3, 0.4) is 0 Å². The molecule has 0 aliphatic carbocycles. The number of methoxy groups -OCH3 is 2. The Morgan fingerprint density at radius 1 is 1.17 bits per heavy atom. The van der Waals surface area contributed by atoms with Crippen LogP contribution in [-0.4, -0.2) is 65.3 Å². The quantitative estimate of drug-likeness (QED) is 0.771. The number of likely N-dealkylation sites (N-methyl/N-ethyl adjacent to an activating group) is 1. The van der Waals surface area contributed by atoms with E-state index in [1.807, 2.05) is 5.01 Å². The highest BCUT2D eigenvalue weighted by molar-refractivity contribution is 5.82. The maximum atomic E-state index is 12.5. The molecule has 1 aromatic rings. The molecule has 0 aromatic heterocycles. The predicted molar refractivity (Wildman–Crippen MR) is 82.0 cm³/mol. The van der Waals surface area contributed by atoms with Crippen molar-refractivity contribution in [2.45, 2.75) is 6.61 Å². The molecule has 0 saturated carbocycles. The average molecular weight is 330 g/mol. The summed E-state index contributed by atoms with van der Waals surface area (Å²) in [5, 5.41) is 6.41. The highest BCUT2D eigenvalue weighted by Gasteiger charge is 2.18. The minimum absolute atomic E-state index is 0.120. The van der Waals surface area contributed by atoms with Gasteiger partial charge in [0.25, 0.3) is 0 Å². The first-order chi connectivity index (χ1) is 11.0. The fourth-order valence-corrected chi connectivity index (χ4v) is 2.32. The van der Waals surface area contributed by atoms with Crippen LogP contribution in [0.15, 0.2) is 17.2 Å². The first-order valence-electron chi connectivity index (χ1n) is 7.34. The Morgan fingerprint density at radius 2 is 1.74 bits per heavy atom. The summed E-state index contributed by atoms with van der Waals surface area (Å²) in [5.74, 6) is 0.230. The van der Waals surface area contributed by atoms with Gasteiger partial charge in [0.1, 0.15) is 0 Å². The van der Waals surface area contributed by atoms with Crippen molar-refractivity contribution in [1.82, 2.24) is 5.01 Å². The number of ether oxygens (including phenoxy) is 3. The van der Waals surface area contributed by atoms with E-state index in [0.717, 1.165) is 26.2 Å². The highest BCUT2D eigenvalue weighted by atomic mass is 19.3. The van der Waals surface area contributed by atoms with Crippen LogP contribution >= 0.6 is 0 Å². The monoisotopic (exact) mass is 330 g/mol. The topological polar surface area (TPSA) is 47.7 Å². The number of quaternary nitrogens is 1. The van der Waals surface area contributed by atoms with Gasteiger partial charge in [-0.2, -0.15) is 13.9 Å². The van der Waals surface area contributed by atoms with Crippen molar-refractivity contribution in [1.29, 1.82) is 0 Å². The number of hydrogen-bond donors (Lipinski definition) is 1. The molecular weight excluding hydrogens is 308 g/mol. The first kappa shape index (κ1) is 17.3. The zero-order chi connectivity index (χ0) is 16.8. The van der Waals surface area contributed by atoms with Crippen LogP contribution in [0.25, 0.3) is 0 Å². The second-order valence-corrected chi connectivity index (χ2v) is 5.29. The Morgan fingerprint density at radius 3 is 2.22 bits per heavy atom. The van der Waals surface area contributed by atoms with E-state index in [9.17, 15) is 8.78 Å². The van der Waals surface area contributed by atoms with Gasteiger partial charge in [0.15, 0.2) is 11.5 Å². The lowest BCUT2D eigenvalue weighted by molar-refractivity contribution is -0.884. The molecule has 0 atom stereocenters. The molecule has 1 saturated heterocycles. The van der Waals surface area contributed by atoms with Crippen molar-refractivity contribution in [2.75, 3.05) is 47.4 Å². The molecule has 0 bridgehead atoms. The fourth-order valence-electron chi connectivity index (χ4n) is 2.32. The van der Waals surface area contributed by atoms with Gasteiger partial charge in [-0.1, -0.05) is 0 Å². The minimum Gasteiger partial charge on any atom is -0.493 e. The molecule has 0 unspecified atom stereocenters. The number of hydrazone groups is 1. The first-order valence-corrected chi connectivity index (χ1v) is 7.34. The predicted octanol–water partition coefficient (Wildman–Crippen LogP) is 0.469. The number of hydrogen-bond acceptors (Lipinski definition) is 5. The summed E-state index contributed by atoms with van der Waals surface area (Å²) < 4.78 is 39.7. The Labute approximate surface area is 134 Å². The molecule has 128 valence electrons. The Balaban J connectivity index is 2.19. The molecule has 6 nitrogen and oxygen atoms in total.